The Morgan fingerprint density at radius 3 is 2.17 bits per heavy atom. The van der Waals surface area contributed by atoms with Crippen LogP contribution in [0, 0.1) is 5.92 Å². The van der Waals surface area contributed by atoms with Crippen LogP contribution in [-0.4, -0.2) is 26.6 Å². The highest BCUT2D eigenvalue weighted by Gasteiger charge is 2.55. The molecule has 0 radical (unpaired) electrons. The number of imidazole rings is 1. The smallest absolute Gasteiger partial charge is 0.243 e. The maximum absolute atomic E-state index is 13.8. The van der Waals surface area contributed by atoms with Gasteiger partial charge in [0.1, 0.15) is 6.04 Å². The lowest BCUT2D eigenvalue weighted by Crippen LogP contribution is -2.36. The van der Waals surface area contributed by atoms with E-state index < -0.39 is 17.9 Å². The van der Waals surface area contributed by atoms with Gasteiger partial charge in [-0.3, -0.25) is 14.8 Å². The molecule has 1 aliphatic carbocycles. The largest absolute Gasteiger partial charge is 0.329 e. The van der Waals surface area contributed by atoms with E-state index in [2.05, 4.69) is 4.98 Å². The molecule has 174 valence electrons. The van der Waals surface area contributed by atoms with Crippen molar-refractivity contribution in [2.75, 3.05) is 9.96 Å². The number of anilines is 2. The van der Waals surface area contributed by atoms with Gasteiger partial charge in [-0.15, -0.1) is 0 Å². The molecule has 2 heterocycles. The zero-order valence-electron chi connectivity index (χ0n) is 18.9. The lowest BCUT2D eigenvalue weighted by Gasteiger charge is -2.34. The topological polar surface area (TPSA) is 78.7 Å². The van der Waals surface area contributed by atoms with Gasteiger partial charge >= 0.3 is 0 Å². The van der Waals surface area contributed by atoms with Crippen LogP contribution in [-0.2, 0) is 16.1 Å². The van der Waals surface area contributed by atoms with Crippen molar-refractivity contribution >= 4 is 23.2 Å². The number of amides is 2. The molecule has 35 heavy (non-hydrogen) atoms. The highest BCUT2D eigenvalue weighted by molar-refractivity contribution is 6.24. The second-order valence-corrected chi connectivity index (χ2v) is 8.99. The van der Waals surface area contributed by atoms with Crippen molar-refractivity contribution in [3.05, 3.63) is 114 Å². The van der Waals surface area contributed by atoms with Crippen LogP contribution in [0.4, 0.5) is 11.4 Å². The van der Waals surface area contributed by atoms with Crippen LogP contribution < -0.4 is 9.96 Å². The number of fused-ring (bicyclic) bond motifs is 3. The van der Waals surface area contributed by atoms with Gasteiger partial charge in [0.15, 0.2) is 0 Å². The number of para-hydroxylation sites is 2. The number of rotatable bonds is 5. The Labute approximate surface area is 202 Å². The molecule has 7 nitrogen and oxygen atoms in total. The fourth-order valence-electron chi connectivity index (χ4n) is 5.34. The van der Waals surface area contributed by atoms with Gasteiger partial charge in [0.2, 0.25) is 11.8 Å². The van der Waals surface area contributed by atoms with Crippen molar-refractivity contribution in [1.82, 2.24) is 9.55 Å². The van der Waals surface area contributed by atoms with Crippen molar-refractivity contribution in [2.24, 2.45) is 5.92 Å². The first kappa shape index (κ1) is 21.3. The third kappa shape index (κ3) is 3.52. The summed E-state index contributed by atoms with van der Waals surface area (Å²) in [6.45, 7) is 0.517. The molecule has 3 aromatic carbocycles. The van der Waals surface area contributed by atoms with Crippen LogP contribution >= 0.6 is 0 Å². The summed E-state index contributed by atoms with van der Waals surface area (Å²) in [5.74, 6) is -1.73. The molecule has 1 saturated heterocycles. The number of imide groups is 1. The summed E-state index contributed by atoms with van der Waals surface area (Å²) in [5.41, 5.74) is 3.56. The Morgan fingerprint density at radius 2 is 1.49 bits per heavy atom. The molecule has 0 bridgehead atoms. The van der Waals surface area contributed by atoms with E-state index >= 15 is 0 Å². The van der Waals surface area contributed by atoms with E-state index in [-0.39, 0.29) is 11.8 Å². The fourth-order valence-corrected chi connectivity index (χ4v) is 5.34. The zero-order chi connectivity index (χ0) is 23.9. The molecular weight excluding hydrogens is 440 g/mol. The van der Waals surface area contributed by atoms with E-state index in [4.69, 9.17) is 0 Å². The highest BCUT2D eigenvalue weighted by atomic mass is 16.5. The molecule has 7 heteroatoms. The SMILES string of the molecule is O=C1[C@H]2C[C@H](N(O)c3ccccc3)c3ncn(Cc4ccccc4)c3[C@H]2C(=O)N1c1ccccc1. The Bertz CT molecular complexity index is 1370. The number of aromatic nitrogens is 2. The van der Waals surface area contributed by atoms with Crippen LogP contribution in [0.15, 0.2) is 97.3 Å². The molecule has 0 saturated carbocycles. The summed E-state index contributed by atoms with van der Waals surface area (Å²) in [6, 6.07) is 27.6. The fraction of sp³-hybridized carbons (Fsp3) is 0.179. The lowest BCUT2D eigenvalue weighted by atomic mass is 9.78. The monoisotopic (exact) mass is 464 g/mol. The first-order valence-electron chi connectivity index (χ1n) is 11.7. The second-order valence-electron chi connectivity index (χ2n) is 8.99. The number of nitrogens with zero attached hydrogens (tertiary/aromatic N) is 4. The summed E-state index contributed by atoms with van der Waals surface area (Å²) < 4.78 is 1.95. The van der Waals surface area contributed by atoms with Gasteiger partial charge in [-0.05, 0) is 36.2 Å². The standard InChI is InChI=1S/C28H24N4O3/c33-27-22-16-23(32(35)21-14-8-3-9-15-21)25-26(30(18-29-25)17-19-10-4-1-5-11-19)24(22)28(34)31(27)20-12-6-2-7-13-20/h1-15,18,22-24,35H,16-17H2/t22-,23-,24-/m0/s1. The molecule has 2 amide bonds. The van der Waals surface area contributed by atoms with Crippen LogP contribution in [0.3, 0.4) is 0 Å². The minimum Gasteiger partial charge on any atom is -0.329 e. The zero-order valence-corrected chi connectivity index (χ0v) is 18.9. The Morgan fingerprint density at radius 1 is 0.857 bits per heavy atom. The van der Waals surface area contributed by atoms with Crippen molar-refractivity contribution in [3.63, 3.8) is 0 Å². The molecule has 0 unspecified atom stereocenters. The van der Waals surface area contributed by atoms with E-state index in [0.717, 1.165) is 5.56 Å². The minimum absolute atomic E-state index is 0.240. The molecule has 1 fully saturated rings. The highest BCUT2D eigenvalue weighted by Crippen LogP contribution is 2.49. The normalized spacial score (nSPS) is 21.1. The van der Waals surface area contributed by atoms with E-state index in [1.54, 1.807) is 18.5 Å². The molecule has 1 aliphatic heterocycles. The molecule has 1 aromatic heterocycles. The number of carbonyl (C=O) groups is 2. The molecule has 0 spiro atoms. The number of hydrogen-bond donors (Lipinski definition) is 1. The van der Waals surface area contributed by atoms with Gasteiger partial charge in [0, 0.05) is 6.54 Å². The van der Waals surface area contributed by atoms with Crippen LogP contribution in [0.5, 0.6) is 0 Å². The molecule has 2 aliphatic rings. The Hall–Kier alpha value is -4.23. The lowest BCUT2D eigenvalue weighted by molar-refractivity contribution is -0.122. The van der Waals surface area contributed by atoms with Gasteiger partial charge in [0.25, 0.3) is 0 Å². The molecule has 1 N–H and O–H groups in total. The van der Waals surface area contributed by atoms with Crippen molar-refractivity contribution < 1.29 is 14.8 Å². The van der Waals surface area contributed by atoms with Crippen molar-refractivity contribution in [3.8, 4) is 0 Å². The quantitative estimate of drug-likeness (QED) is 0.346. The number of hydrogen-bond acceptors (Lipinski definition) is 5. The molecule has 3 atom stereocenters. The first-order chi connectivity index (χ1) is 17.1. The average molecular weight is 465 g/mol. The summed E-state index contributed by atoms with van der Waals surface area (Å²) >= 11 is 0. The van der Waals surface area contributed by atoms with Crippen molar-refractivity contribution in [2.45, 2.75) is 24.9 Å². The summed E-state index contributed by atoms with van der Waals surface area (Å²) in [6.07, 6.45) is 2.01. The minimum atomic E-state index is -0.649. The van der Waals surface area contributed by atoms with E-state index in [0.29, 0.717) is 35.7 Å². The van der Waals surface area contributed by atoms with E-state index in [1.807, 2.05) is 83.4 Å². The summed E-state index contributed by atoms with van der Waals surface area (Å²) in [4.78, 5) is 33.4. The maximum Gasteiger partial charge on any atom is 0.243 e. The molecule has 4 aromatic rings. The summed E-state index contributed by atoms with van der Waals surface area (Å²) in [5, 5.41) is 12.4. The number of hydroxylamine groups is 1. The Balaban J connectivity index is 1.46. The van der Waals surface area contributed by atoms with E-state index in [9.17, 15) is 14.8 Å². The Kier molecular flexibility index (Phi) is 5.19. The van der Waals surface area contributed by atoms with Crippen LogP contribution in [0.1, 0.15) is 35.3 Å². The van der Waals surface area contributed by atoms with Gasteiger partial charge < -0.3 is 4.57 Å². The number of carbonyl (C=O) groups excluding carboxylic acids is 2. The molecular formula is C28H24N4O3. The van der Waals surface area contributed by atoms with Crippen LogP contribution in [0.25, 0.3) is 0 Å². The van der Waals surface area contributed by atoms with Gasteiger partial charge in [-0.2, -0.15) is 0 Å². The summed E-state index contributed by atoms with van der Waals surface area (Å²) in [7, 11) is 0. The third-order valence-corrected chi connectivity index (χ3v) is 6.95. The van der Waals surface area contributed by atoms with E-state index in [1.165, 1.54) is 9.96 Å². The average Bonchev–Trinajstić information content (AvgIpc) is 3.42. The maximum atomic E-state index is 13.8. The molecule has 6 rings (SSSR count). The third-order valence-electron chi connectivity index (χ3n) is 6.95. The van der Waals surface area contributed by atoms with Gasteiger partial charge in [0.05, 0.1) is 40.9 Å². The van der Waals surface area contributed by atoms with Crippen LogP contribution in [0.2, 0.25) is 0 Å². The first-order valence-corrected chi connectivity index (χ1v) is 11.7. The van der Waals surface area contributed by atoms with Gasteiger partial charge in [-0.25, -0.2) is 14.9 Å². The van der Waals surface area contributed by atoms with Crippen molar-refractivity contribution in [1.29, 1.82) is 0 Å². The van der Waals surface area contributed by atoms with Gasteiger partial charge in [-0.1, -0.05) is 66.7 Å². The predicted octanol–water partition coefficient (Wildman–Crippen LogP) is 4.55. The number of benzene rings is 3. The second kappa shape index (κ2) is 8.52. The predicted molar refractivity (Wildman–Crippen MR) is 131 cm³/mol.